The van der Waals surface area contributed by atoms with E-state index >= 15 is 0 Å². The van der Waals surface area contributed by atoms with Gasteiger partial charge in [0.15, 0.2) is 0 Å². The lowest BCUT2D eigenvalue weighted by molar-refractivity contribution is 0.487. The average Bonchev–Trinajstić information content (AvgIpc) is 2.05. The van der Waals surface area contributed by atoms with Crippen LogP contribution in [-0.4, -0.2) is 4.98 Å². The molecule has 1 aromatic rings. The lowest BCUT2D eigenvalue weighted by Gasteiger charge is -2.21. The van der Waals surface area contributed by atoms with Crippen LogP contribution in [0, 0.1) is 5.82 Å². The fourth-order valence-electron chi connectivity index (χ4n) is 0.957. The summed E-state index contributed by atoms with van der Waals surface area (Å²) >= 11 is 0. The first-order valence-corrected chi connectivity index (χ1v) is 4.18. The van der Waals surface area contributed by atoms with Crippen LogP contribution in [0.15, 0.2) is 18.3 Å². The van der Waals surface area contributed by atoms with Gasteiger partial charge in [-0.2, -0.15) is 0 Å². The molecule has 0 aromatic carbocycles. The minimum Gasteiger partial charge on any atom is -0.258 e. The van der Waals surface area contributed by atoms with Crippen molar-refractivity contribution in [1.29, 1.82) is 0 Å². The number of halogens is 1. The highest BCUT2D eigenvalue weighted by Crippen LogP contribution is 2.24. The van der Waals surface area contributed by atoms with Crippen molar-refractivity contribution in [2.75, 3.05) is 0 Å². The third kappa shape index (κ3) is 1.81. The molecule has 0 saturated carbocycles. The SMILES string of the molecule is CCC(C)(C)c1ccc(F)cn1. The molecule has 12 heavy (non-hydrogen) atoms. The van der Waals surface area contributed by atoms with E-state index in [1.807, 2.05) is 0 Å². The molecule has 1 heterocycles. The lowest BCUT2D eigenvalue weighted by atomic mass is 9.86. The van der Waals surface area contributed by atoms with Crippen molar-refractivity contribution in [3.8, 4) is 0 Å². The summed E-state index contributed by atoms with van der Waals surface area (Å²) in [6.07, 6.45) is 2.28. The van der Waals surface area contributed by atoms with Gasteiger partial charge in [0.1, 0.15) is 5.82 Å². The van der Waals surface area contributed by atoms with Gasteiger partial charge < -0.3 is 0 Å². The summed E-state index contributed by atoms with van der Waals surface area (Å²) in [5, 5.41) is 0. The molecule has 1 nitrogen and oxygen atoms in total. The normalized spacial score (nSPS) is 11.7. The Balaban J connectivity index is 2.96. The highest BCUT2D eigenvalue weighted by molar-refractivity contribution is 5.14. The van der Waals surface area contributed by atoms with Crippen LogP contribution in [0.25, 0.3) is 0 Å². The first-order valence-electron chi connectivity index (χ1n) is 4.18. The number of hydrogen-bond acceptors (Lipinski definition) is 1. The predicted molar refractivity (Wildman–Crippen MR) is 47.5 cm³/mol. The standard InChI is InChI=1S/C10H14FN/c1-4-10(2,3)9-6-5-8(11)7-12-9/h5-7H,4H2,1-3H3. The van der Waals surface area contributed by atoms with Crippen LogP contribution in [-0.2, 0) is 5.41 Å². The molecule has 0 aliphatic carbocycles. The number of nitrogens with zero attached hydrogens (tertiary/aromatic N) is 1. The van der Waals surface area contributed by atoms with Gasteiger partial charge in [0.2, 0.25) is 0 Å². The Kier molecular flexibility index (Phi) is 2.46. The molecule has 1 aromatic heterocycles. The highest BCUT2D eigenvalue weighted by Gasteiger charge is 2.18. The number of hydrogen-bond donors (Lipinski definition) is 0. The molecule has 0 amide bonds. The first-order chi connectivity index (χ1) is 5.56. The summed E-state index contributed by atoms with van der Waals surface area (Å²) in [6, 6.07) is 3.21. The number of pyridine rings is 1. The molecule has 0 fully saturated rings. The van der Waals surface area contributed by atoms with Crippen molar-refractivity contribution in [2.24, 2.45) is 0 Å². The van der Waals surface area contributed by atoms with E-state index in [0.717, 1.165) is 12.1 Å². The minimum atomic E-state index is -0.273. The summed E-state index contributed by atoms with van der Waals surface area (Å²) in [7, 11) is 0. The second kappa shape index (κ2) is 3.21. The van der Waals surface area contributed by atoms with Gasteiger partial charge in [-0.05, 0) is 18.6 Å². The number of rotatable bonds is 2. The third-order valence-corrected chi connectivity index (χ3v) is 2.30. The lowest BCUT2D eigenvalue weighted by Crippen LogP contribution is -2.17. The van der Waals surface area contributed by atoms with Crippen LogP contribution in [0.3, 0.4) is 0 Å². The molecule has 0 atom stereocenters. The van der Waals surface area contributed by atoms with Crippen LogP contribution in [0.2, 0.25) is 0 Å². The molecule has 0 aliphatic rings. The van der Waals surface area contributed by atoms with Gasteiger partial charge in [0.05, 0.1) is 6.20 Å². The highest BCUT2D eigenvalue weighted by atomic mass is 19.1. The molecule has 2 heteroatoms. The van der Waals surface area contributed by atoms with E-state index in [-0.39, 0.29) is 11.2 Å². The third-order valence-electron chi connectivity index (χ3n) is 2.30. The Morgan fingerprint density at radius 3 is 2.50 bits per heavy atom. The van der Waals surface area contributed by atoms with E-state index in [9.17, 15) is 4.39 Å². The molecule has 0 unspecified atom stereocenters. The van der Waals surface area contributed by atoms with Crippen molar-refractivity contribution in [3.63, 3.8) is 0 Å². The topological polar surface area (TPSA) is 12.9 Å². The molecule has 1 rings (SSSR count). The van der Waals surface area contributed by atoms with E-state index < -0.39 is 0 Å². The Hall–Kier alpha value is -0.920. The largest absolute Gasteiger partial charge is 0.258 e. The monoisotopic (exact) mass is 167 g/mol. The summed E-state index contributed by atoms with van der Waals surface area (Å²) in [6.45, 7) is 6.31. The summed E-state index contributed by atoms with van der Waals surface area (Å²) in [5.74, 6) is -0.273. The van der Waals surface area contributed by atoms with E-state index in [4.69, 9.17) is 0 Å². The maximum Gasteiger partial charge on any atom is 0.141 e. The zero-order valence-corrected chi connectivity index (χ0v) is 7.76. The van der Waals surface area contributed by atoms with Gasteiger partial charge >= 0.3 is 0 Å². The van der Waals surface area contributed by atoms with Crippen LogP contribution >= 0.6 is 0 Å². The van der Waals surface area contributed by atoms with Gasteiger partial charge in [-0.3, -0.25) is 4.98 Å². The summed E-state index contributed by atoms with van der Waals surface area (Å²) in [5.41, 5.74) is 1.000. The quantitative estimate of drug-likeness (QED) is 0.660. The fourth-order valence-corrected chi connectivity index (χ4v) is 0.957. The van der Waals surface area contributed by atoms with Crippen LogP contribution < -0.4 is 0 Å². The van der Waals surface area contributed by atoms with Gasteiger partial charge in [-0.25, -0.2) is 4.39 Å². The second-order valence-electron chi connectivity index (χ2n) is 3.60. The molecule has 0 radical (unpaired) electrons. The Bertz CT molecular complexity index is 251. The molecule has 0 bridgehead atoms. The second-order valence-corrected chi connectivity index (χ2v) is 3.60. The molecule has 66 valence electrons. The maximum absolute atomic E-state index is 12.5. The molecule has 0 saturated heterocycles. The smallest absolute Gasteiger partial charge is 0.141 e. The average molecular weight is 167 g/mol. The van der Waals surface area contributed by atoms with Gasteiger partial charge in [0, 0.05) is 11.1 Å². The van der Waals surface area contributed by atoms with E-state index in [2.05, 4.69) is 25.8 Å². The van der Waals surface area contributed by atoms with Crippen LogP contribution in [0.1, 0.15) is 32.9 Å². The Morgan fingerprint density at radius 2 is 2.08 bits per heavy atom. The zero-order chi connectivity index (χ0) is 9.19. The predicted octanol–water partition coefficient (Wildman–Crippen LogP) is 2.91. The molecule has 0 spiro atoms. The first kappa shape index (κ1) is 9.17. The molecular formula is C10H14FN. The maximum atomic E-state index is 12.5. The Labute approximate surface area is 72.6 Å². The van der Waals surface area contributed by atoms with E-state index in [1.54, 1.807) is 6.07 Å². The van der Waals surface area contributed by atoms with Gasteiger partial charge in [-0.1, -0.05) is 20.8 Å². The summed E-state index contributed by atoms with van der Waals surface area (Å²) < 4.78 is 12.5. The van der Waals surface area contributed by atoms with Crippen molar-refractivity contribution in [3.05, 3.63) is 29.8 Å². The van der Waals surface area contributed by atoms with Crippen molar-refractivity contribution in [2.45, 2.75) is 32.6 Å². The Morgan fingerprint density at radius 1 is 1.42 bits per heavy atom. The van der Waals surface area contributed by atoms with E-state index in [1.165, 1.54) is 12.3 Å². The van der Waals surface area contributed by atoms with Gasteiger partial charge in [-0.15, -0.1) is 0 Å². The van der Waals surface area contributed by atoms with Crippen molar-refractivity contribution < 1.29 is 4.39 Å². The van der Waals surface area contributed by atoms with Crippen LogP contribution in [0.4, 0.5) is 4.39 Å². The van der Waals surface area contributed by atoms with Gasteiger partial charge in [0.25, 0.3) is 0 Å². The zero-order valence-electron chi connectivity index (χ0n) is 7.76. The number of aromatic nitrogens is 1. The van der Waals surface area contributed by atoms with Crippen molar-refractivity contribution >= 4 is 0 Å². The molecule has 0 aliphatic heterocycles. The van der Waals surface area contributed by atoms with E-state index in [0.29, 0.717) is 0 Å². The van der Waals surface area contributed by atoms with Crippen LogP contribution in [0.5, 0.6) is 0 Å². The summed E-state index contributed by atoms with van der Waals surface area (Å²) in [4.78, 5) is 4.05. The minimum absolute atomic E-state index is 0.0493. The van der Waals surface area contributed by atoms with Crippen molar-refractivity contribution in [1.82, 2.24) is 4.98 Å². The molecule has 0 N–H and O–H groups in total. The fraction of sp³-hybridized carbons (Fsp3) is 0.500. The molecular weight excluding hydrogens is 153 g/mol.